The van der Waals surface area contributed by atoms with E-state index in [-0.39, 0.29) is 31.5 Å². The van der Waals surface area contributed by atoms with E-state index in [9.17, 15) is 18.0 Å². The van der Waals surface area contributed by atoms with Crippen LogP contribution in [0.1, 0.15) is 31.4 Å². The van der Waals surface area contributed by atoms with Crippen LogP contribution in [0.25, 0.3) is 0 Å². The summed E-state index contributed by atoms with van der Waals surface area (Å²) in [6.07, 6.45) is -4.67. The topological polar surface area (TPSA) is 32.3 Å². The standard InChI is InChI=1S/C16H18ClF3N2O/c1-10-8-21-13(11-2-4-12(17)5-3-11)9-22(10)14(23)15(6-7-15)16(18,19)20/h2-5,10,13,21H,6-9H2,1H3/t10-,13?/m1/s1. The van der Waals surface area contributed by atoms with E-state index >= 15 is 0 Å². The lowest BCUT2D eigenvalue weighted by atomic mass is 9.98. The predicted octanol–water partition coefficient (Wildman–Crippen LogP) is 3.54. The fourth-order valence-corrected chi connectivity index (χ4v) is 3.21. The minimum Gasteiger partial charge on any atom is -0.336 e. The van der Waals surface area contributed by atoms with Crippen molar-refractivity contribution in [3.63, 3.8) is 0 Å². The zero-order valence-electron chi connectivity index (χ0n) is 12.7. The minimum atomic E-state index is -4.47. The maximum absolute atomic E-state index is 13.2. The lowest BCUT2D eigenvalue weighted by Gasteiger charge is -2.41. The first-order valence-corrected chi connectivity index (χ1v) is 7.99. The van der Waals surface area contributed by atoms with E-state index in [1.807, 2.05) is 12.1 Å². The Hall–Kier alpha value is -1.27. The second-order valence-corrected chi connectivity index (χ2v) is 6.84. The Morgan fingerprint density at radius 1 is 1.30 bits per heavy atom. The molecule has 1 saturated carbocycles. The molecule has 0 radical (unpaired) electrons. The summed E-state index contributed by atoms with van der Waals surface area (Å²) in [5.74, 6) is -0.780. The Labute approximate surface area is 137 Å². The summed E-state index contributed by atoms with van der Waals surface area (Å²) in [4.78, 5) is 13.9. The van der Waals surface area contributed by atoms with Gasteiger partial charge in [-0.05, 0) is 37.5 Å². The molecule has 126 valence electrons. The zero-order chi connectivity index (χ0) is 16.8. The monoisotopic (exact) mass is 346 g/mol. The van der Waals surface area contributed by atoms with E-state index in [4.69, 9.17) is 11.6 Å². The molecule has 7 heteroatoms. The summed E-state index contributed by atoms with van der Waals surface area (Å²) in [6, 6.07) is 6.69. The molecule has 2 aliphatic rings. The van der Waals surface area contributed by atoms with Crippen molar-refractivity contribution >= 4 is 17.5 Å². The Bertz CT molecular complexity index is 598. The molecule has 23 heavy (non-hydrogen) atoms. The van der Waals surface area contributed by atoms with Gasteiger partial charge in [0.05, 0.1) is 0 Å². The molecule has 1 aromatic carbocycles. The summed E-state index contributed by atoms with van der Waals surface area (Å²) in [5, 5.41) is 3.88. The van der Waals surface area contributed by atoms with Crippen LogP contribution in [0.3, 0.4) is 0 Å². The molecule has 2 atom stereocenters. The van der Waals surface area contributed by atoms with Crippen molar-refractivity contribution in [2.24, 2.45) is 5.41 Å². The molecule has 1 unspecified atom stereocenters. The van der Waals surface area contributed by atoms with Gasteiger partial charge in [-0.25, -0.2) is 0 Å². The second kappa shape index (κ2) is 5.67. The molecule has 0 spiro atoms. The molecule has 1 aromatic rings. The Morgan fingerprint density at radius 2 is 1.91 bits per heavy atom. The van der Waals surface area contributed by atoms with Crippen LogP contribution in [0.4, 0.5) is 13.2 Å². The number of nitrogens with zero attached hydrogens (tertiary/aromatic N) is 1. The van der Waals surface area contributed by atoms with Crippen LogP contribution >= 0.6 is 11.6 Å². The van der Waals surface area contributed by atoms with Gasteiger partial charge < -0.3 is 10.2 Å². The number of halogens is 4. The first-order chi connectivity index (χ1) is 10.7. The fraction of sp³-hybridized carbons (Fsp3) is 0.562. The summed E-state index contributed by atoms with van der Waals surface area (Å²) >= 11 is 5.86. The molecule has 0 bridgehead atoms. The number of carbonyl (C=O) groups is 1. The summed E-state index contributed by atoms with van der Waals surface area (Å²) < 4.78 is 39.6. The maximum Gasteiger partial charge on any atom is 0.403 e. The largest absolute Gasteiger partial charge is 0.403 e. The van der Waals surface area contributed by atoms with Gasteiger partial charge in [0.25, 0.3) is 0 Å². The van der Waals surface area contributed by atoms with Gasteiger partial charge in [-0.3, -0.25) is 4.79 Å². The number of nitrogens with one attached hydrogen (secondary N) is 1. The van der Waals surface area contributed by atoms with Gasteiger partial charge in [-0.15, -0.1) is 0 Å². The van der Waals surface area contributed by atoms with Crippen LogP contribution in [0.15, 0.2) is 24.3 Å². The van der Waals surface area contributed by atoms with E-state index in [1.165, 1.54) is 4.90 Å². The molecule has 1 N–H and O–H groups in total. The number of benzene rings is 1. The highest BCUT2D eigenvalue weighted by Gasteiger charge is 2.69. The van der Waals surface area contributed by atoms with Crippen LogP contribution in [-0.2, 0) is 4.79 Å². The maximum atomic E-state index is 13.2. The van der Waals surface area contributed by atoms with Gasteiger partial charge in [0.15, 0.2) is 0 Å². The van der Waals surface area contributed by atoms with Gasteiger partial charge in [0.1, 0.15) is 5.41 Å². The van der Waals surface area contributed by atoms with Crippen molar-refractivity contribution in [1.29, 1.82) is 0 Å². The Kier molecular flexibility index (Phi) is 4.09. The molecule has 3 nitrogen and oxygen atoms in total. The van der Waals surface area contributed by atoms with Gasteiger partial charge in [0.2, 0.25) is 5.91 Å². The molecular weight excluding hydrogens is 329 g/mol. The first-order valence-electron chi connectivity index (χ1n) is 7.61. The molecule has 2 fully saturated rings. The highest BCUT2D eigenvalue weighted by molar-refractivity contribution is 6.30. The number of amides is 1. The predicted molar refractivity (Wildman–Crippen MR) is 81.1 cm³/mol. The fourth-order valence-electron chi connectivity index (χ4n) is 3.08. The number of carbonyl (C=O) groups excluding carboxylic acids is 1. The number of piperazine rings is 1. The zero-order valence-corrected chi connectivity index (χ0v) is 13.4. The average molecular weight is 347 g/mol. The quantitative estimate of drug-likeness (QED) is 0.888. The lowest BCUT2D eigenvalue weighted by Crippen LogP contribution is -2.57. The molecule has 0 aromatic heterocycles. The van der Waals surface area contributed by atoms with E-state index in [0.717, 1.165) is 5.56 Å². The van der Waals surface area contributed by atoms with Gasteiger partial charge in [-0.1, -0.05) is 23.7 Å². The molecule has 1 heterocycles. The highest BCUT2D eigenvalue weighted by atomic mass is 35.5. The van der Waals surface area contributed by atoms with Crippen molar-refractivity contribution in [2.75, 3.05) is 13.1 Å². The summed E-state index contributed by atoms with van der Waals surface area (Å²) in [6.45, 7) is 2.47. The molecule has 1 aliphatic heterocycles. The number of rotatable bonds is 2. The van der Waals surface area contributed by atoms with Crippen molar-refractivity contribution in [3.05, 3.63) is 34.9 Å². The molecular formula is C16H18ClF3N2O. The second-order valence-electron chi connectivity index (χ2n) is 6.40. The summed E-state index contributed by atoms with van der Waals surface area (Å²) in [7, 11) is 0. The van der Waals surface area contributed by atoms with Crippen LogP contribution in [-0.4, -0.2) is 36.1 Å². The third-order valence-corrected chi connectivity index (χ3v) is 5.06. The first kappa shape index (κ1) is 16.6. The van der Waals surface area contributed by atoms with Crippen LogP contribution in [0, 0.1) is 5.41 Å². The number of alkyl halides is 3. The van der Waals surface area contributed by atoms with E-state index in [1.54, 1.807) is 19.1 Å². The lowest BCUT2D eigenvalue weighted by molar-refractivity contribution is -0.200. The average Bonchev–Trinajstić information content (AvgIpc) is 3.29. The van der Waals surface area contributed by atoms with Crippen LogP contribution in [0.2, 0.25) is 5.02 Å². The van der Waals surface area contributed by atoms with Gasteiger partial charge in [-0.2, -0.15) is 13.2 Å². The van der Waals surface area contributed by atoms with Crippen LogP contribution < -0.4 is 5.32 Å². The van der Waals surface area contributed by atoms with Gasteiger partial charge in [0, 0.05) is 30.2 Å². The van der Waals surface area contributed by atoms with E-state index in [2.05, 4.69) is 5.32 Å². The van der Waals surface area contributed by atoms with E-state index < -0.39 is 17.5 Å². The number of hydrogen-bond acceptors (Lipinski definition) is 2. The third kappa shape index (κ3) is 2.94. The van der Waals surface area contributed by atoms with Crippen molar-refractivity contribution < 1.29 is 18.0 Å². The molecule has 1 aliphatic carbocycles. The van der Waals surface area contributed by atoms with Gasteiger partial charge >= 0.3 is 6.18 Å². The van der Waals surface area contributed by atoms with Crippen LogP contribution in [0.5, 0.6) is 0 Å². The molecule has 3 rings (SSSR count). The molecule has 1 saturated heterocycles. The Morgan fingerprint density at radius 3 is 2.43 bits per heavy atom. The SMILES string of the molecule is C[C@@H]1CNC(c2ccc(Cl)cc2)CN1C(=O)C1(C(F)(F)F)CC1. The van der Waals surface area contributed by atoms with Crippen molar-refractivity contribution in [1.82, 2.24) is 10.2 Å². The Balaban J connectivity index is 1.79. The normalized spacial score (nSPS) is 26.9. The smallest absolute Gasteiger partial charge is 0.336 e. The van der Waals surface area contributed by atoms with Crippen molar-refractivity contribution in [2.45, 2.75) is 38.0 Å². The van der Waals surface area contributed by atoms with Crippen molar-refractivity contribution in [3.8, 4) is 0 Å². The minimum absolute atomic E-state index is 0.0996. The molecule has 1 amide bonds. The number of hydrogen-bond donors (Lipinski definition) is 1. The summed E-state index contributed by atoms with van der Waals surface area (Å²) in [5.41, 5.74) is -1.24. The highest BCUT2D eigenvalue weighted by Crippen LogP contribution is 2.59. The van der Waals surface area contributed by atoms with E-state index in [0.29, 0.717) is 11.6 Å². The third-order valence-electron chi connectivity index (χ3n) is 4.81.